The normalized spacial score (nSPS) is 19.2. The number of carbonyl (C=O) groups is 2. The van der Waals surface area contributed by atoms with Crippen LogP contribution in [0.25, 0.3) is 0 Å². The molecule has 2 amide bonds. The lowest BCUT2D eigenvalue weighted by Gasteiger charge is -2.35. The van der Waals surface area contributed by atoms with Gasteiger partial charge in [0.05, 0.1) is 6.10 Å². The number of aryl methyl sites for hydroxylation is 2. The van der Waals surface area contributed by atoms with Crippen LogP contribution < -0.4 is 10.1 Å². The summed E-state index contributed by atoms with van der Waals surface area (Å²) in [6, 6.07) is 13.0. The second-order valence-electron chi connectivity index (χ2n) is 11.5. The molecule has 0 aromatic heterocycles. The molecule has 5 nitrogen and oxygen atoms in total. The lowest BCUT2D eigenvalue weighted by atomic mass is 9.69. The number of nitrogens with one attached hydrogen (secondary N) is 1. The molecule has 0 aliphatic carbocycles. The predicted octanol–water partition coefficient (Wildman–Crippen LogP) is 6.87. The molecule has 0 saturated carbocycles. The average Bonchev–Trinajstić information content (AvgIpc) is 3.13. The van der Waals surface area contributed by atoms with E-state index in [1.54, 1.807) is 0 Å². The quantitative estimate of drug-likeness (QED) is 0.354. The molecule has 37 heavy (non-hydrogen) atoms. The Balaban J connectivity index is 1.90. The second-order valence-corrected chi connectivity index (χ2v) is 12.8. The molecular formula is C31H43NO4S. The van der Waals surface area contributed by atoms with E-state index in [0.29, 0.717) is 12.8 Å². The van der Waals surface area contributed by atoms with Crippen molar-refractivity contribution in [3.63, 3.8) is 0 Å². The van der Waals surface area contributed by atoms with E-state index < -0.39 is 10.9 Å². The fraction of sp³-hybridized carbons (Fsp3) is 0.548. The van der Waals surface area contributed by atoms with Gasteiger partial charge >= 0.3 is 0 Å². The van der Waals surface area contributed by atoms with E-state index in [1.165, 1.54) is 11.1 Å². The minimum atomic E-state index is -0.733. The van der Waals surface area contributed by atoms with Crippen LogP contribution in [0.4, 0.5) is 4.79 Å². The summed E-state index contributed by atoms with van der Waals surface area (Å²) >= 11 is 1.12. The summed E-state index contributed by atoms with van der Waals surface area (Å²) in [5.41, 5.74) is 5.39. The van der Waals surface area contributed by atoms with E-state index in [-0.39, 0.29) is 28.6 Å². The Morgan fingerprint density at radius 1 is 0.973 bits per heavy atom. The number of hydrogen-bond acceptors (Lipinski definition) is 5. The highest BCUT2D eigenvalue weighted by atomic mass is 32.2. The number of hydrogen-bond donors (Lipinski definition) is 2. The van der Waals surface area contributed by atoms with Crippen LogP contribution in [-0.2, 0) is 16.6 Å². The molecule has 6 heteroatoms. The highest BCUT2D eigenvalue weighted by Crippen LogP contribution is 2.43. The minimum Gasteiger partial charge on any atom is -0.491 e. The van der Waals surface area contributed by atoms with Crippen molar-refractivity contribution in [1.29, 1.82) is 0 Å². The Bertz CT molecular complexity index is 1150. The van der Waals surface area contributed by atoms with E-state index >= 15 is 0 Å². The smallest absolute Gasteiger partial charge is 0.286 e. The number of aliphatic hydroxyl groups is 1. The van der Waals surface area contributed by atoms with Crippen molar-refractivity contribution in [2.24, 2.45) is 5.41 Å². The van der Waals surface area contributed by atoms with Gasteiger partial charge in [-0.15, -0.1) is 0 Å². The standard InChI is InChI=1S/C31H43NO4S/c1-9-30(10-2,24-14-15-25(21(5)17-24)36-19-26(33)29(6,7)8)23-13-12-22(20(4)16-23)18-31(11-3)27(34)32-28(35)37-31/h12-17,26,33H,9-11,18-19H2,1-8H3,(H,32,34,35). The Morgan fingerprint density at radius 2 is 1.57 bits per heavy atom. The van der Waals surface area contributed by atoms with E-state index in [1.807, 2.05) is 33.8 Å². The molecule has 1 aliphatic heterocycles. The lowest BCUT2D eigenvalue weighted by molar-refractivity contribution is -0.121. The number of rotatable bonds is 10. The summed E-state index contributed by atoms with van der Waals surface area (Å²) in [4.78, 5) is 24.5. The van der Waals surface area contributed by atoms with Crippen LogP contribution >= 0.6 is 11.8 Å². The van der Waals surface area contributed by atoms with Gasteiger partial charge in [-0.1, -0.05) is 71.9 Å². The molecule has 2 aromatic rings. The third-order valence-electron chi connectivity index (χ3n) is 8.19. The Morgan fingerprint density at radius 3 is 2.03 bits per heavy atom. The van der Waals surface area contributed by atoms with Crippen molar-refractivity contribution in [1.82, 2.24) is 5.32 Å². The number of carbonyl (C=O) groups excluding carboxylic acids is 2. The molecule has 1 heterocycles. The van der Waals surface area contributed by atoms with Gasteiger partial charge in [-0.25, -0.2) is 0 Å². The number of imide groups is 1. The lowest BCUT2D eigenvalue weighted by Crippen LogP contribution is -2.38. The molecule has 2 aromatic carbocycles. The molecule has 0 radical (unpaired) electrons. The molecule has 1 fully saturated rings. The van der Waals surface area contributed by atoms with Gasteiger partial charge in [-0.3, -0.25) is 14.9 Å². The van der Waals surface area contributed by atoms with E-state index in [9.17, 15) is 14.7 Å². The summed E-state index contributed by atoms with van der Waals surface area (Å²) < 4.78 is 5.26. The predicted molar refractivity (Wildman–Crippen MR) is 153 cm³/mol. The fourth-order valence-corrected chi connectivity index (χ4v) is 6.20. The summed E-state index contributed by atoms with van der Waals surface area (Å²) in [5.74, 6) is 0.615. The molecule has 1 aliphatic rings. The van der Waals surface area contributed by atoms with Crippen molar-refractivity contribution < 1.29 is 19.4 Å². The molecule has 3 rings (SSSR count). The zero-order valence-electron chi connectivity index (χ0n) is 23.7. The SMILES string of the molecule is CCC1(Cc2ccc(C(CC)(CC)c3ccc(OCC(O)C(C)(C)C)c(C)c3)cc2C)SC(=O)NC1=O. The average molecular weight is 526 g/mol. The van der Waals surface area contributed by atoms with E-state index in [0.717, 1.165) is 47.0 Å². The molecule has 2 unspecified atom stereocenters. The van der Waals surface area contributed by atoms with E-state index in [4.69, 9.17) is 4.74 Å². The first-order chi connectivity index (χ1) is 17.3. The van der Waals surface area contributed by atoms with Crippen LogP contribution in [0.3, 0.4) is 0 Å². The molecule has 0 bridgehead atoms. The maximum Gasteiger partial charge on any atom is 0.286 e. The number of thioether (sulfide) groups is 1. The van der Waals surface area contributed by atoms with E-state index in [2.05, 4.69) is 63.3 Å². The first kappa shape index (κ1) is 29.2. The van der Waals surface area contributed by atoms with Gasteiger partial charge < -0.3 is 9.84 Å². The van der Waals surface area contributed by atoms with Gasteiger partial charge in [0.2, 0.25) is 5.91 Å². The first-order valence-electron chi connectivity index (χ1n) is 13.4. The van der Waals surface area contributed by atoms with Crippen molar-refractivity contribution in [3.05, 3.63) is 64.2 Å². The zero-order valence-corrected chi connectivity index (χ0v) is 24.5. The third kappa shape index (κ3) is 5.91. The van der Waals surface area contributed by atoms with Crippen molar-refractivity contribution in [3.8, 4) is 5.75 Å². The summed E-state index contributed by atoms with van der Waals surface area (Å²) in [7, 11) is 0. The number of benzene rings is 2. The maximum absolute atomic E-state index is 12.6. The van der Waals surface area contributed by atoms with Gasteiger partial charge in [0, 0.05) is 5.41 Å². The highest BCUT2D eigenvalue weighted by Gasteiger charge is 2.46. The number of ether oxygens (including phenoxy) is 1. The van der Waals surface area contributed by atoms with Crippen LogP contribution in [0.15, 0.2) is 36.4 Å². The topological polar surface area (TPSA) is 75.6 Å². The van der Waals surface area contributed by atoms with Gasteiger partial charge in [0.15, 0.2) is 0 Å². The largest absolute Gasteiger partial charge is 0.491 e. The van der Waals surface area contributed by atoms with Crippen LogP contribution in [0.5, 0.6) is 5.75 Å². The summed E-state index contributed by atoms with van der Waals surface area (Å²) in [5, 5.41) is 12.6. The molecule has 2 N–H and O–H groups in total. The monoisotopic (exact) mass is 525 g/mol. The third-order valence-corrected chi connectivity index (χ3v) is 9.49. The summed E-state index contributed by atoms with van der Waals surface area (Å²) in [6.45, 7) is 16.8. The van der Waals surface area contributed by atoms with Gasteiger partial charge in [-0.2, -0.15) is 0 Å². The Kier molecular flexibility index (Phi) is 8.86. The molecule has 1 saturated heterocycles. The molecule has 2 atom stereocenters. The highest BCUT2D eigenvalue weighted by molar-refractivity contribution is 8.16. The van der Waals surface area contributed by atoms with Crippen LogP contribution in [-0.4, -0.2) is 33.7 Å². The second kappa shape index (κ2) is 11.2. The molecular weight excluding hydrogens is 482 g/mol. The fourth-order valence-electron chi connectivity index (χ4n) is 5.19. The van der Waals surface area contributed by atoms with Gasteiger partial charge in [-0.05, 0) is 90.6 Å². The van der Waals surface area contributed by atoms with Crippen molar-refractivity contribution in [2.45, 2.75) is 97.3 Å². The number of aliphatic hydroxyl groups excluding tert-OH is 1. The van der Waals surface area contributed by atoms with Crippen LogP contribution in [0.2, 0.25) is 0 Å². The minimum absolute atomic E-state index is 0.157. The Labute approximate surface area is 226 Å². The molecule has 0 spiro atoms. The first-order valence-corrected chi connectivity index (χ1v) is 14.2. The van der Waals surface area contributed by atoms with Crippen molar-refractivity contribution in [2.75, 3.05) is 6.61 Å². The van der Waals surface area contributed by atoms with Crippen LogP contribution in [0, 0.1) is 19.3 Å². The Hall–Kier alpha value is -2.31. The van der Waals surface area contributed by atoms with Crippen molar-refractivity contribution >= 4 is 22.9 Å². The van der Waals surface area contributed by atoms with Gasteiger partial charge in [0.1, 0.15) is 17.1 Å². The van der Waals surface area contributed by atoms with Gasteiger partial charge in [0.25, 0.3) is 5.24 Å². The number of amides is 2. The molecule has 202 valence electrons. The zero-order chi connectivity index (χ0) is 27.6. The van der Waals surface area contributed by atoms with Crippen LogP contribution in [0.1, 0.15) is 88.6 Å². The maximum atomic E-state index is 12.6. The summed E-state index contributed by atoms with van der Waals surface area (Å²) in [6.07, 6.45) is 2.48.